The van der Waals surface area contributed by atoms with Gasteiger partial charge in [-0.15, -0.1) is 11.3 Å². The second-order valence-corrected chi connectivity index (χ2v) is 6.31. The summed E-state index contributed by atoms with van der Waals surface area (Å²) in [4.78, 5) is 13.1. The highest BCUT2D eigenvalue weighted by Gasteiger charge is 2.16. The van der Waals surface area contributed by atoms with Crippen molar-refractivity contribution in [3.8, 4) is 11.4 Å². The molecule has 0 aliphatic heterocycles. The van der Waals surface area contributed by atoms with Crippen molar-refractivity contribution >= 4 is 17.4 Å². The van der Waals surface area contributed by atoms with E-state index in [0.717, 1.165) is 29.1 Å². The SMILES string of the molecule is CCCc1c(OC(=O)NCc2cccs2)cnn1-c1ccccc1. The molecule has 0 spiro atoms. The Balaban J connectivity index is 1.73. The van der Waals surface area contributed by atoms with Crippen LogP contribution in [0.4, 0.5) is 4.79 Å². The Hall–Kier alpha value is -2.60. The fraction of sp³-hybridized carbons (Fsp3) is 0.222. The van der Waals surface area contributed by atoms with Crippen molar-refractivity contribution in [1.82, 2.24) is 15.1 Å². The monoisotopic (exact) mass is 341 g/mol. The molecule has 1 aromatic carbocycles. The van der Waals surface area contributed by atoms with Gasteiger partial charge in [0.25, 0.3) is 0 Å². The number of thiophene rings is 1. The lowest BCUT2D eigenvalue weighted by molar-refractivity contribution is 0.199. The highest BCUT2D eigenvalue weighted by molar-refractivity contribution is 7.09. The van der Waals surface area contributed by atoms with Crippen LogP contribution in [0.3, 0.4) is 0 Å². The van der Waals surface area contributed by atoms with E-state index < -0.39 is 6.09 Å². The van der Waals surface area contributed by atoms with Gasteiger partial charge in [-0.2, -0.15) is 5.10 Å². The number of hydrogen-bond acceptors (Lipinski definition) is 4. The van der Waals surface area contributed by atoms with E-state index in [1.807, 2.05) is 52.5 Å². The third-order valence-corrected chi connectivity index (χ3v) is 4.38. The van der Waals surface area contributed by atoms with E-state index in [1.54, 1.807) is 17.5 Å². The summed E-state index contributed by atoms with van der Waals surface area (Å²) in [6.45, 7) is 2.55. The summed E-state index contributed by atoms with van der Waals surface area (Å²) in [7, 11) is 0. The summed E-state index contributed by atoms with van der Waals surface area (Å²) in [5, 5.41) is 9.12. The third kappa shape index (κ3) is 3.83. The molecule has 6 heteroatoms. The standard InChI is InChI=1S/C18H19N3O2S/c1-2-7-16-17(13-20-21(16)14-8-4-3-5-9-14)23-18(22)19-12-15-10-6-11-24-15/h3-6,8-11,13H,2,7,12H2,1H3,(H,19,22). The lowest BCUT2D eigenvalue weighted by Gasteiger charge is -2.09. The summed E-state index contributed by atoms with van der Waals surface area (Å²) >= 11 is 1.60. The van der Waals surface area contributed by atoms with Crippen LogP contribution in [0.15, 0.2) is 54.0 Å². The molecule has 0 unspecified atom stereocenters. The van der Waals surface area contributed by atoms with Gasteiger partial charge in [0.1, 0.15) is 0 Å². The Kier molecular flexibility index (Phi) is 5.28. The molecule has 2 heterocycles. The highest BCUT2D eigenvalue weighted by atomic mass is 32.1. The number of ether oxygens (including phenoxy) is 1. The van der Waals surface area contributed by atoms with Gasteiger partial charge in [-0.25, -0.2) is 9.48 Å². The van der Waals surface area contributed by atoms with Gasteiger partial charge in [-0.3, -0.25) is 0 Å². The molecular weight excluding hydrogens is 322 g/mol. The smallest absolute Gasteiger partial charge is 0.407 e. The first-order valence-corrected chi connectivity index (χ1v) is 8.76. The van der Waals surface area contributed by atoms with Crippen molar-refractivity contribution in [2.75, 3.05) is 0 Å². The minimum Gasteiger partial charge on any atom is -0.407 e. The Morgan fingerprint density at radius 2 is 2.08 bits per heavy atom. The van der Waals surface area contributed by atoms with Crippen molar-refractivity contribution in [1.29, 1.82) is 0 Å². The van der Waals surface area contributed by atoms with Crippen LogP contribution in [0.2, 0.25) is 0 Å². The minimum atomic E-state index is -0.464. The average Bonchev–Trinajstić information content (AvgIpc) is 3.25. The number of para-hydroxylation sites is 1. The normalized spacial score (nSPS) is 10.5. The maximum atomic E-state index is 12.0. The fourth-order valence-corrected chi connectivity index (χ4v) is 3.05. The molecule has 1 amide bonds. The maximum absolute atomic E-state index is 12.0. The second kappa shape index (κ2) is 7.79. The topological polar surface area (TPSA) is 56.1 Å². The van der Waals surface area contributed by atoms with Crippen LogP contribution in [-0.2, 0) is 13.0 Å². The van der Waals surface area contributed by atoms with E-state index in [1.165, 1.54) is 0 Å². The Morgan fingerprint density at radius 3 is 2.79 bits per heavy atom. The van der Waals surface area contributed by atoms with Crippen LogP contribution < -0.4 is 10.1 Å². The number of rotatable bonds is 6. The van der Waals surface area contributed by atoms with Gasteiger partial charge < -0.3 is 10.1 Å². The zero-order chi connectivity index (χ0) is 16.8. The summed E-state index contributed by atoms with van der Waals surface area (Å²) in [5.41, 5.74) is 1.85. The molecule has 0 atom stereocenters. The molecule has 24 heavy (non-hydrogen) atoms. The number of hydrogen-bond donors (Lipinski definition) is 1. The Labute approximate surface area is 144 Å². The van der Waals surface area contributed by atoms with Gasteiger partial charge in [0, 0.05) is 4.88 Å². The third-order valence-electron chi connectivity index (χ3n) is 3.51. The van der Waals surface area contributed by atoms with Gasteiger partial charge >= 0.3 is 6.09 Å². The van der Waals surface area contributed by atoms with E-state index in [-0.39, 0.29) is 0 Å². The Bertz CT molecular complexity index is 782. The van der Waals surface area contributed by atoms with Gasteiger partial charge in [0.05, 0.1) is 24.1 Å². The number of nitrogens with zero attached hydrogens (tertiary/aromatic N) is 2. The van der Waals surface area contributed by atoms with Crippen LogP contribution in [0.5, 0.6) is 5.75 Å². The number of carbonyl (C=O) groups excluding carboxylic acids is 1. The van der Waals surface area contributed by atoms with Crippen molar-refractivity contribution in [3.05, 3.63) is 64.6 Å². The molecule has 124 valence electrons. The Morgan fingerprint density at radius 1 is 1.25 bits per heavy atom. The zero-order valence-electron chi connectivity index (χ0n) is 13.4. The molecule has 1 N–H and O–H groups in total. The lowest BCUT2D eigenvalue weighted by Crippen LogP contribution is -2.26. The van der Waals surface area contributed by atoms with Crippen LogP contribution in [0, 0.1) is 0 Å². The van der Waals surface area contributed by atoms with E-state index in [2.05, 4.69) is 17.3 Å². The molecule has 0 saturated heterocycles. The highest BCUT2D eigenvalue weighted by Crippen LogP contribution is 2.23. The largest absolute Gasteiger partial charge is 0.413 e. The van der Waals surface area contributed by atoms with Crippen LogP contribution in [-0.4, -0.2) is 15.9 Å². The predicted molar refractivity (Wildman–Crippen MR) is 94.7 cm³/mol. The van der Waals surface area contributed by atoms with E-state index in [0.29, 0.717) is 12.3 Å². The number of carbonyl (C=O) groups is 1. The fourth-order valence-electron chi connectivity index (χ4n) is 2.41. The van der Waals surface area contributed by atoms with Crippen LogP contribution in [0.1, 0.15) is 23.9 Å². The zero-order valence-corrected chi connectivity index (χ0v) is 14.3. The van der Waals surface area contributed by atoms with E-state index in [9.17, 15) is 4.79 Å². The first-order chi connectivity index (χ1) is 11.8. The molecule has 0 fully saturated rings. The van der Waals surface area contributed by atoms with Crippen molar-refractivity contribution in [2.45, 2.75) is 26.3 Å². The van der Waals surface area contributed by atoms with Crippen molar-refractivity contribution < 1.29 is 9.53 Å². The summed E-state index contributed by atoms with van der Waals surface area (Å²) in [6, 6.07) is 13.8. The maximum Gasteiger partial charge on any atom is 0.413 e. The number of aromatic nitrogens is 2. The molecule has 0 radical (unpaired) electrons. The quantitative estimate of drug-likeness (QED) is 0.732. The molecule has 3 rings (SSSR count). The molecule has 5 nitrogen and oxygen atoms in total. The first kappa shape index (κ1) is 16.3. The molecule has 0 aliphatic rings. The number of amides is 1. The van der Waals surface area contributed by atoms with Crippen LogP contribution in [0.25, 0.3) is 5.69 Å². The van der Waals surface area contributed by atoms with E-state index in [4.69, 9.17) is 4.74 Å². The lowest BCUT2D eigenvalue weighted by atomic mass is 10.2. The molecule has 2 aromatic heterocycles. The average molecular weight is 341 g/mol. The first-order valence-electron chi connectivity index (χ1n) is 7.88. The summed E-state index contributed by atoms with van der Waals surface area (Å²) in [6.07, 6.45) is 2.85. The molecule has 0 bridgehead atoms. The minimum absolute atomic E-state index is 0.464. The van der Waals surface area contributed by atoms with Crippen molar-refractivity contribution in [2.24, 2.45) is 0 Å². The molecule has 0 aliphatic carbocycles. The van der Waals surface area contributed by atoms with Gasteiger partial charge in [0.2, 0.25) is 0 Å². The van der Waals surface area contributed by atoms with Gasteiger partial charge in [0.15, 0.2) is 5.75 Å². The van der Waals surface area contributed by atoms with Gasteiger partial charge in [-0.1, -0.05) is 37.6 Å². The van der Waals surface area contributed by atoms with E-state index >= 15 is 0 Å². The summed E-state index contributed by atoms with van der Waals surface area (Å²) in [5.74, 6) is 0.504. The van der Waals surface area contributed by atoms with Gasteiger partial charge in [-0.05, 0) is 30.0 Å². The predicted octanol–water partition coefficient (Wildman–Crippen LogP) is 4.17. The number of nitrogens with one attached hydrogen (secondary N) is 1. The van der Waals surface area contributed by atoms with Crippen LogP contribution >= 0.6 is 11.3 Å². The summed E-state index contributed by atoms with van der Waals surface area (Å²) < 4.78 is 7.29. The second-order valence-electron chi connectivity index (χ2n) is 5.28. The molecule has 3 aromatic rings. The molecular formula is C18H19N3O2S. The number of benzene rings is 1. The van der Waals surface area contributed by atoms with Crippen molar-refractivity contribution in [3.63, 3.8) is 0 Å². The molecule has 0 saturated carbocycles.